The molecule has 0 saturated heterocycles. The Morgan fingerprint density at radius 3 is 2.45 bits per heavy atom. The Balaban J connectivity index is 2.03. The van der Waals surface area contributed by atoms with Crippen LogP contribution in [-0.4, -0.2) is 24.0 Å². The average molecular weight is 456 g/mol. The summed E-state index contributed by atoms with van der Waals surface area (Å²) in [5.74, 6) is 0.551. The highest BCUT2D eigenvalue weighted by atomic mass is 79.9. The summed E-state index contributed by atoms with van der Waals surface area (Å²) in [5.41, 5.74) is 1.86. The van der Waals surface area contributed by atoms with E-state index in [-0.39, 0.29) is 0 Å². The van der Waals surface area contributed by atoms with Crippen LogP contribution >= 0.6 is 15.9 Å². The van der Waals surface area contributed by atoms with Crippen LogP contribution in [0.1, 0.15) is 25.1 Å². The molecule has 0 aliphatic rings. The van der Waals surface area contributed by atoms with Crippen LogP contribution in [0.5, 0.6) is 17.2 Å². The molecule has 1 aromatic heterocycles. The van der Waals surface area contributed by atoms with Crippen molar-refractivity contribution in [1.29, 1.82) is 0 Å². The highest BCUT2D eigenvalue weighted by molar-refractivity contribution is 9.10. The first-order valence-corrected chi connectivity index (χ1v) is 9.49. The van der Waals surface area contributed by atoms with Gasteiger partial charge in [-0.3, -0.25) is 9.59 Å². The molecule has 0 aliphatic heterocycles. The van der Waals surface area contributed by atoms with Crippen molar-refractivity contribution in [2.24, 2.45) is 0 Å². The van der Waals surface area contributed by atoms with Crippen molar-refractivity contribution in [2.45, 2.75) is 13.8 Å². The van der Waals surface area contributed by atoms with Gasteiger partial charge in [0, 0.05) is 24.8 Å². The van der Waals surface area contributed by atoms with Crippen LogP contribution in [0.15, 0.2) is 46.9 Å². The van der Waals surface area contributed by atoms with Crippen molar-refractivity contribution >= 4 is 50.9 Å². The lowest BCUT2D eigenvalue weighted by atomic mass is 10.1. The fourth-order valence-electron chi connectivity index (χ4n) is 2.72. The van der Waals surface area contributed by atoms with Crippen LogP contribution in [-0.2, 0) is 9.59 Å². The smallest absolute Gasteiger partial charge is 0.308 e. The maximum atomic E-state index is 11.5. The van der Waals surface area contributed by atoms with Gasteiger partial charge in [0.1, 0.15) is 11.3 Å². The van der Waals surface area contributed by atoms with Crippen molar-refractivity contribution in [3.8, 4) is 17.2 Å². The van der Waals surface area contributed by atoms with Crippen LogP contribution in [0.4, 0.5) is 0 Å². The number of hydrogen-bond donors (Lipinski definition) is 0. The summed E-state index contributed by atoms with van der Waals surface area (Å²) in [5, 5.41) is 0.852. The molecule has 0 saturated carbocycles. The first kappa shape index (κ1) is 20.5. The number of halogens is 1. The van der Waals surface area contributed by atoms with Crippen LogP contribution in [0, 0.1) is 0 Å². The van der Waals surface area contributed by atoms with Gasteiger partial charge in [-0.15, -0.1) is 0 Å². The molecule has 0 N–H and O–H groups in total. The number of benzene rings is 2. The van der Waals surface area contributed by atoms with Gasteiger partial charge < -0.3 is 14.2 Å². The largest absolute Gasteiger partial charge is 0.497 e. The quantitative estimate of drug-likeness (QED) is 0.396. The second-order valence-corrected chi connectivity index (χ2v) is 6.97. The minimum Gasteiger partial charge on any atom is -0.497 e. The molecule has 0 spiro atoms. The third-order valence-electron chi connectivity index (χ3n) is 3.92. The SMILES string of the molecule is COc1cc(Br)c(OC(C)=O)c(/C=C\c2ccc3cccc(OC(C)=O)c3n2)c1. The highest BCUT2D eigenvalue weighted by Gasteiger charge is 2.12. The van der Waals surface area contributed by atoms with Gasteiger partial charge in [0.2, 0.25) is 0 Å². The molecule has 0 atom stereocenters. The van der Waals surface area contributed by atoms with Gasteiger partial charge in [-0.2, -0.15) is 0 Å². The van der Waals surface area contributed by atoms with Crippen LogP contribution in [0.25, 0.3) is 23.1 Å². The normalized spacial score (nSPS) is 10.9. The minimum atomic E-state index is -0.430. The van der Waals surface area contributed by atoms with Crippen molar-refractivity contribution in [1.82, 2.24) is 4.98 Å². The van der Waals surface area contributed by atoms with E-state index in [0.717, 1.165) is 5.39 Å². The number of fused-ring (bicyclic) bond motifs is 1. The number of ether oxygens (including phenoxy) is 3. The van der Waals surface area contributed by atoms with E-state index >= 15 is 0 Å². The van der Waals surface area contributed by atoms with Crippen molar-refractivity contribution < 1.29 is 23.8 Å². The molecule has 0 unspecified atom stereocenters. The van der Waals surface area contributed by atoms with Gasteiger partial charge >= 0.3 is 11.9 Å². The van der Waals surface area contributed by atoms with Gasteiger partial charge in [-0.05, 0) is 52.3 Å². The number of nitrogens with zero attached hydrogens (tertiary/aromatic N) is 1. The van der Waals surface area contributed by atoms with Gasteiger partial charge in [0.25, 0.3) is 0 Å². The third kappa shape index (κ3) is 5.00. The Hall–Kier alpha value is -3.19. The highest BCUT2D eigenvalue weighted by Crippen LogP contribution is 2.35. The standard InChI is InChI=1S/C22H18BrNO5/c1-13(25)28-20-6-4-5-15-7-9-17(24-21(15)20)10-8-16-11-18(27-3)12-19(23)22(16)29-14(2)26/h4-12H,1-3H3/b10-8-. The topological polar surface area (TPSA) is 74.7 Å². The lowest BCUT2D eigenvalue weighted by Crippen LogP contribution is -2.04. The molecule has 7 heteroatoms. The fraction of sp³-hybridized carbons (Fsp3) is 0.136. The fourth-order valence-corrected chi connectivity index (χ4v) is 3.26. The minimum absolute atomic E-state index is 0.385. The number of carbonyl (C=O) groups excluding carboxylic acids is 2. The van der Waals surface area contributed by atoms with E-state index < -0.39 is 11.9 Å². The number of para-hydroxylation sites is 1. The monoisotopic (exact) mass is 455 g/mol. The molecular weight excluding hydrogens is 438 g/mol. The molecular formula is C22H18BrNO5. The summed E-state index contributed by atoms with van der Waals surface area (Å²) >= 11 is 3.40. The molecule has 0 bridgehead atoms. The Kier molecular flexibility index (Phi) is 6.29. The van der Waals surface area contributed by atoms with E-state index in [1.807, 2.05) is 18.2 Å². The first-order chi connectivity index (χ1) is 13.9. The molecule has 6 nitrogen and oxygen atoms in total. The average Bonchev–Trinajstić information content (AvgIpc) is 2.67. The zero-order chi connectivity index (χ0) is 21.0. The lowest BCUT2D eigenvalue weighted by molar-refractivity contribution is -0.132. The Labute approximate surface area is 176 Å². The number of methoxy groups -OCH3 is 1. The molecule has 0 fully saturated rings. The molecule has 0 aliphatic carbocycles. The number of esters is 2. The number of rotatable bonds is 5. The van der Waals surface area contributed by atoms with Crippen LogP contribution in [0.3, 0.4) is 0 Å². The van der Waals surface area contributed by atoms with E-state index in [0.29, 0.717) is 38.5 Å². The summed E-state index contributed by atoms with van der Waals surface area (Å²) in [7, 11) is 1.56. The zero-order valence-corrected chi connectivity index (χ0v) is 17.6. The number of aromatic nitrogens is 1. The van der Waals surface area contributed by atoms with E-state index in [4.69, 9.17) is 14.2 Å². The predicted molar refractivity (Wildman–Crippen MR) is 114 cm³/mol. The van der Waals surface area contributed by atoms with Crippen LogP contribution < -0.4 is 14.2 Å². The molecule has 1 heterocycles. The second-order valence-electron chi connectivity index (χ2n) is 6.11. The third-order valence-corrected chi connectivity index (χ3v) is 4.51. The maximum Gasteiger partial charge on any atom is 0.308 e. The Morgan fingerprint density at radius 2 is 1.76 bits per heavy atom. The second kappa shape index (κ2) is 8.87. The first-order valence-electron chi connectivity index (χ1n) is 8.69. The zero-order valence-electron chi connectivity index (χ0n) is 16.1. The van der Waals surface area contributed by atoms with E-state index in [9.17, 15) is 9.59 Å². The summed E-state index contributed by atoms with van der Waals surface area (Å²) in [6.07, 6.45) is 3.55. The van der Waals surface area contributed by atoms with Crippen molar-refractivity contribution in [2.75, 3.05) is 7.11 Å². The Bertz CT molecular complexity index is 1120. The van der Waals surface area contributed by atoms with Gasteiger partial charge in [0.05, 0.1) is 17.3 Å². The number of hydrogen-bond acceptors (Lipinski definition) is 6. The summed E-state index contributed by atoms with van der Waals surface area (Å²) in [4.78, 5) is 27.4. The Morgan fingerprint density at radius 1 is 1.00 bits per heavy atom. The van der Waals surface area contributed by atoms with Gasteiger partial charge in [-0.25, -0.2) is 4.98 Å². The maximum absolute atomic E-state index is 11.5. The summed E-state index contributed by atoms with van der Waals surface area (Å²) in [6, 6.07) is 12.6. The molecule has 148 valence electrons. The molecule has 0 radical (unpaired) electrons. The van der Waals surface area contributed by atoms with E-state index in [1.165, 1.54) is 13.8 Å². The summed E-state index contributed by atoms with van der Waals surface area (Å²) < 4.78 is 16.5. The molecule has 3 rings (SSSR count). The summed E-state index contributed by atoms with van der Waals surface area (Å²) in [6.45, 7) is 2.69. The molecule has 0 amide bonds. The van der Waals surface area contributed by atoms with E-state index in [2.05, 4.69) is 20.9 Å². The lowest BCUT2D eigenvalue weighted by Gasteiger charge is -2.11. The van der Waals surface area contributed by atoms with E-state index in [1.54, 1.807) is 43.5 Å². The predicted octanol–water partition coefficient (Wildman–Crippen LogP) is 5.03. The molecule has 2 aromatic carbocycles. The van der Waals surface area contributed by atoms with Gasteiger partial charge in [-0.1, -0.05) is 18.2 Å². The molecule has 3 aromatic rings. The molecule has 29 heavy (non-hydrogen) atoms. The van der Waals surface area contributed by atoms with Crippen molar-refractivity contribution in [3.63, 3.8) is 0 Å². The number of carbonyl (C=O) groups is 2. The van der Waals surface area contributed by atoms with Gasteiger partial charge in [0.15, 0.2) is 11.5 Å². The van der Waals surface area contributed by atoms with Crippen molar-refractivity contribution in [3.05, 3.63) is 58.2 Å². The number of pyridine rings is 1. The van der Waals surface area contributed by atoms with Crippen LogP contribution in [0.2, 0.25) is 0 Å².